The number of pyridine rings is 2. The second kappa shape index (κ2) is 8.99. The number of fused-ring (bicyclic) bond motifs is 2. The molecule has 0 atom stereocenters. The van der Waals surface area contributed by atoms with Crippen LogP contribution in [0.5, 0.6) is 0 Å². The monoisotopic (exact) mass is 494 g/mol. The first-order valence-corrected chi connectivity index (χ1v) is 12.7. The molecule has 1 aliphatic heterocycles. The summed E-state index contributed by atoms with van der Waals surface area (Å²) in [4.78, 5) is 32.5. The molecule has 1 aliphatic rings. The van der Waals surface area contributed by atoms with Gasteiger partial charge in [-0.3, -0.25) is 14.9 Å². The van der Waals surface area contributed by atoms with Gasteiger partial charge in [0.1, 0.15) is 11.0 Å². The number of carbonyl (C=O) groups is 1. The normalized spacial score (nSPS) is 14.4. The minimum absolute atomic E-state index is 0.0687. The summed E-state index contributed by atoms with van der Waals surface area (Å²) in [6, 6.07) is 12.0. The quantitative estimate of drug-likeness (QED) is 0.302. The molecule has 6 rings (SSSR count). The molecule has 3 N–H and O–H groups in total. The molecule has 0 aliphatic carbocycles. The minimum Gasteiger partial charge on any atom is -0.370 e. The molecule has 0 saturated carbocycles. The molecule has 1 amide bonds. The van der Waals surface area contributed by atoms with E-state index in [0.717, 1.165) is 52.1 Å². The van der Waals surface area contributed by atoms with Gasteiger partial charge in [-0.25, -0.2) is 9.97 Å². The summed E-state index contributed by atoms with van der Waals surface area (Å²) in [5.41, 5.74) is 6.98. The van der Waals surface area contributed by atoms with Crippen molar-refractivity contribution in [3.8, 4) is 22.8 Å². The van der Waals surface area contributed by atoms with Crippen molar-refractivity contribution in [1.29, 1.82) is 0 Å². The number of benzene rings is 1. The van der Waals surface area contributed by atoms with Crippen LogP contribution >= 0.6 is 0 Å². The number of piperidine rings is 1. The number of nitrogens with one attached hydrogen (secondary N) is 3. The zero-order valence-corrected chi connectivity index (χ0v) is 21.3. The van der Waals surface area contributed by atoms with Gasteiger partial charge in [0.15, 0.2) is 11.5 Å². The average Bonchev–Trinajstić information content (AvgIpc) is 3.52. The van der Waals surface area contributed by atoms with Gasteiger partial charge < -0.3 is 15.2 Å². The second-order valence-corrected chi connectivity index (χ2v) is 10.6. The van der Waals surface area contributed by atoms with Crippen LogP contribution in [0.4, 0.5) is 11.4 Å². The lowest BCUT2D eigenvalue weighted by Gasteiger charge is -2.28. The number of hydrogen-bond acceptors (Lipinski definition) is 6. The van der Waals surface area contributed by atoms with Crippen molar-refractivity contribution >= 4 is 39.3 Å². The Hall–Kier alpha value is -4.27. The number of aromatic amines is 2. The van der Waals surface area contributed by atoms with Crippen LogP contribution in [0.15, 0.2) is 48.8 Å². The van der Waals surface area contributed by atoms with E-state index in [-0.39, 0.29) is 5.91 Å². The maximum atomic E-state index is 12.4. The molecular weight excluding hydrogens is 464 g/mol. The summed E-state index contributed by atoms with van der Waals surface area (Å²) >= 11 is 0. The van der Waals surface area contributed by atoms with E-state index in [0.29, 0.717) is 17.2 Å². The van der Waals surface area contributed by atoms with E-state index < -0.39 is 5.41 Å². The van der Waals surface area contributed by atoms with Crippen molar-refractivity contribution in [1.82, 2.24) is 30.1 Å². The zero-order chi connectivity index (χ0) is 25.6. The number of carbonyl (C=O) groups excluding carboxylic acids is 1. The largest absolute Gasteiger partial charge is 0.370 e. The van der Waals surface area contributed by atoms with E-state index in [2.05, 4.69) is 48.6 Å². The lowest BCUT2D eigenvalue weighted by molar-refractivity contribution is -0.123. The lowest BCUT2D eigenvalue weighted by atomic mass is 9.95. The highest BCUT2D eigenvalue weighted by molar-refractivity contribution is 5.96. The highest BCUT2D eigenvalue weighted by Crippen LogP contribution is 2.32. The Balaban J connectivity index is 1.37. The Morgan fingerprint density at radius 2 is 1.81 bits per heavy atom. The van der Waals surface area contributed by atoms with Gasteiger partial charge in [0.05, 0.1) is 34.3 Å². The van der Waals surface area contributed by atoms with Crippen molar-refractivity contribution < 1.29 is 4.79 Å². The summed E-state index contributed by atoms with van der Waals surface area (Å²) in [5, 5.41) is 10.6. The molecule has 9 heteroatoms. The third kappa shape index (κ3) is 4.41. The van der Waals surface area contributed by atoms with Crippen LogP contribution in [0.25, 0.3) is 44.8 Å². The first kappa shape index (κ1) is 23.1. The molecular formula is C28H30N8O. The molecule has 9 nitrogen and oxygen atoms in total. The number of amides is 1. The van der Waals surface area contributed by atoms with Crippen molar-refractivity contribution in [2.45, 2.75) is 40.0 Å². The Kier molecular flexibility index (Phi) is 5.62. The van der Waals surface area contributed by atoms with Gasteiger partial charge in [0, 0.05) is 30.3 Å². The van der Waals surface area contributed by atoms with Crippen molar-refractivity contribution in [3.05, 3.63) is 48.8 Å². The molecule has 1 fully saturated rings. The van der Waals surface area contributed by atoms with Gasteiger partial charge in [-0.1, -0.05) is 26.8 Å². The fraction of sp³-hybridized carbons (Fsp3) is 0.321. The molecule has 0 spiro atoms. The predicted octanol–water partition coefficient (Wildman–Crippen LogP) is 5.54. The van der Waals surface area contributed by atoms with E-state index in [1.54, 1.807) is 12.4 Å². The summed E-state index contributed by atoms with van der Waals surface area (Å²) in [5.74, 6) is 0.612. The van der Waals surface area contributed by atoms with Crippen LogP contribution < -0.4 is 10.2 Å². The highest BCUT2D eigenvalue weighted by Gasteiger charge is 2.22. The van der Waals surface area contributed by atoms with Crippen molar-refractivity contribution in [2.75, 3.05) is 23.3 Å². The van der Waals surface area contributed by atoms with Gasteiger partial charge >= 0.3 is 0 Å². The molecule has 0 unspecified atom stereocenters. The summed E-state index contributed by atoms with van der Waals surface area (Å²) in [6.45, 7) is 7.75. The van der Waals surface area contributed by atoms with Gasteiger partial charge in [-0.15, -0.1) is 0 Å². The first-order chi connectivity index (χ1) is 17.9. The van der Waals surface area contributed by atoms with Crippen LogP contribution in [-0.4, -0.2) is 49.1 Å². The molecule has 1 saturated heterocycles. The molecule has 0 bridgehead atoms. The van der Waals surface area contributed by atoms with Gasteiger partial charge in [-0.05, 0) is 49.6 Å². The maximum absolute atomic E-state index is 12.4. The van der Waals surface area contributed by atoms with Gasteiger partial charge in [0.2, 0.25) is 5.91 Å². The highest BCUT2D eigenvalue weighted by atomic mass is 16.2. The number of H-pyrrole nitrogens is 2. The Labute approximate surface area is 214 Å². The third-order valence-corrected chi connectivity index (χ3v) is 6.79. The molecule has 0 radical (unpaired) electrons. The third-order valence-electron chi connectivity index (χ3n) is 6.79. The van der Waals surface area contributed by atoms with E-state index in [1.807, 2.05) is 39.0 Å². The van der Waals surface area contributed by atoms with E-state index in [4.69, 9.17) is 9.97 Å². The Morgan fingerprint density at radius 1 is 0.973 bits per heavy atom. The topological polar surface area (TPSA) is 115 Å². The SMILES string of the molecule is CC(C)(C)C(=O)Nc1cncc(-c2ccc3[nH]nc(-c4nc5c(N6CCCCC6)cccc5[nH]4)c3n2)c1. The summed E-state index contributed by atoms with van der Waals surface area (Å²) in [7, 11) is 0. The first-order valence-electron chi connectivity index (χ1n) is 12.7. The zero-order valence-electron chi connectivity index (χ0n) is 21.3. The summed E-state index contributed by atoms with van der Waals surface area (Å²) < 4.78 is 0. The number of aromatic nitrogens is 6. The number of hydrogen-bond donors (Lipinski definition) is 3. The van der Waals surface area contributed by atoms with E-state index in [1.165, 1.54) is 19.3 Å². The predicted molar refractivity (Wildman–Crippen MR) is 146 cm³/mol. The van der Waals surface area contributed by atoms with Crippen LogP contribution in [0, 0.1) is 5.41 Å². The fourth-order valence-corrected chi connectivity index (χ4v) is 4.71. The summed E-state index contributed by atoms with van der Waals surface area (Å²) in [6.07, 6.45) is 7.09. The van der Waals surface area contributed by atoms with Crippen molar-refractivity contribution in [3.63, 3.8) is 0 Å². The van der Waals surface area contributed by atoms with Crippen LogP contribution in [-0.2, 0) is 4.79 Å². The molecule has 4 aromatic heterocycles. The Morgan fingerprint density at radius 3 is 2.62 bits per heavy atom. The minimum atomic E-state index is -0.501. The molecule has 37 heavy (non-hydrogen) atoms. The fourth-order valence-electron chi connectivity index (χ4n) is 4.71. The number of rotatable bonds is 4. The van der Waals surface area contributed by atoms with Crippen molar-refractivity contribution in [2.24, 2.45) is 5.41 Å². The number of anilines is 2. The maximum Gasteiger partial charge on any atom is 0.229 e. The van der Waals surface area contributed by atoms with Gasteiger partial charge in [-0.2, -0.15) is 5.10 Å². The van der Waals surface area contributed by atoms with E-state index in [9.17, 15) is 4.79 Å². The molecule has 5 heterocycles. The molecule has 1 aromatic carbocycles. The number of imidazole rings is 1. The van der Waals surface area contributed by atoms with Gasteiger partial charge in [0.25, 0.3) is 0 Å². The van der Waals surface area contributed by atoms with Crippen LogP contribution in [0.3, 0.4) is 0 Å². The lowest BCUT2D eigenvalue weighted by Crippen LogP contribution is -2.29. The molecule has 5 aromatic rings. The Bertz CT molecular complexity index is 1600. The second-order valence-electron chi connectivity index (χ2n) is 10.6. The molecule has 188 valence electrons. The standard InChI is InChI=1S/C28H30N8O/c1-28(2,3)27(37)30-18-14-17(15-29-16-18)19-10-11-21-24(31-19)25(35-34-21)26-32-20-8-7-9-22(23(20)33-26)36-12-5-4-6-13-36/h7-11,14-16H,4-6,12-13H2,1-3H3,(H,30,37)(H,32,33)(H,34,35). The van der Waals surface area contributed by atoms with Crippen LogP contribution in [0.1, 0.15) is 40.0 Å². The smallest absolute Gasteiger partial charge is 0.229 e. The number of nitrogens with zero attached hydrogens (tertiary/aromatic N) is 5. The van der Waals surface area contributed by atoms with E-state index >= 15 is 0 Å². The van der Waals surface area contributed by atoms with Crippen LogP contribution in [0.2, 0.25) is 0 Å². The average molecular weight is 495 g/mol. The number of para-hydroxylation sites is 1.